The van der Waals surface area contributed by atoms with Gasteiger partial charge in [0.15, 0.2) is 0 Å². The summed E-state index contributed by atoms with van der Waals surface area (Å²) in [6.45, 7) is 2.44. The van der Waals surface area contributed by atoms with Gasteiger partial charge in [-0.1, -0.05) is 0 Å². The van der Waals surface area contributed by atoms with Gasteiger partial charge in [0.25, 0.3) is 0 Å². The van der Waals surface area contributed by atoms with Gasteiger partial charge in [0, 0.05) is 5.69 Å². The van der Waals surface area contributed by atoms with Gasteiger partial charge in [0.2, 0.25) is 0 Å². The van der Waals surface area contributed by atoms with Crippen molar-refractivity contribution in [1.82, 2.24) is 14.9 Å². The van der Waals surface area contributed by atoms with Gasteiger partial charge >= 0.3 is 11.8 Å². The molecule has 104 valence electrons. The highest BCUT2D eigenvalue weighted by Gasteiger charge is 2.13. The molecule has 0 saturated carbocycles. The van der Waals surface area contributed by atoms with Crippen LogP contribution in [0.15, 0.2) is 36.9 Å². The van der Waals surface area contributed by atoms with Crippen LogP contribution >= 0.6 is 0 Å². The monoisotopic (exact) mass is 275 g/mol. The third-order valence-corrected chi connectivity index (χ3v) is 2.28. The van der Waals surface area contributed by atoms with E-state index < -0.39 is 11.8 Å². The molecule has 1 aromatic heterocycles. The van der Waals surface area contributed by atoms with Gasteiger partial charge in [0.1, 0.15) is 18.4 Å². The summed E-state index contributed by atoms with van der Waals surface area (Å²) in [5, 5.41) is 9.46. The molecule has 2 N–H and O–H groups in total. The lowest BCUT2D eigenvalue weighted by Crippen LogP contribution is -2.33. The van der Waals surface area contributed by atoms with Gasteiger partial charge in [-0.05, 0) is 31.2 Å². The third kappa shape index (κ3) is 3.55. The topological polar surface area (TPSA) is 98.1 Å². The quantitative estimate of drug-likeness (QED) is 0.786. The molecule has 0 aliphatic heterocycles. The number of hydrogen-bond acceptors (Lipinski definition) is 5. The van der Waals surface area contributed by atoms with E-state index in [-0.39, 0.29) is 0 Å². The highest BCUT2D eigenvalue weighted by molar-refractivity contribution is 6.42. The summed E-state index contributed by atoms with van der Waals surface area (Å²) < 4.78 is 6.45. The van der Waals surface area contributed by atoms with Crippen molar-refractivity contribution in [2.45, 2.75) is 6.92 Å². The Hall–Kier alpha value is -2.90. The lowest BCUT2D eigenvalue weighted by molar-refractivity contribution is -0.133. The SMILES string of the molecule is CCOc1ccc(NC(=O)C(=O)Nn2cnnc2)cc1. The summed E-state index contributed by atoms with van der Waals surface area (Å²) >= 11 is 0. The first-order valence-electron chi connectivity index (χ1n) is 5.89. The van der Waals surface area contributed by atoms with Crippen LogP contribution in [0.2, 0.25) is 0 Å². The maximum atomic E-state index is 11.6. The molecule has 0 spiro atoms. The predicted molar refractivity (Wildman–Crippen MR) is 70.6 cm³/mol. The Morgan fingerprint density at radius 1 is 1.15 bits per heavy atom. The van der Waals surface area contributed by atoms with Crippen molar-refractivity contribution in [3.8, 4) is 5.75 Å². The van der Waals surface area contributed by atoms with Gasteiger partial charge in [-0.15, -0.1) is 10.2 Å². The summed E-state index contributed by atoms with van der Waals surface area (Å²) in [7, 11) is 0. The fourth-order valence-corrected chi connectivity index (χ4v) is 1.42. The summed E-state index contributed by atoms with van der Waals surface area (Å²) in [5.41, 5.74) is 2.79. The van der Waals surface area contributed by atoms with E-state index in [1.54, 1.807) is 24.3 Å². The van der Waals surface area contributed by atoms with Crippen LogP contribution in [-0.2, 0) is 9.59 Å². The van der Waals surface area contributed by atoms with Crippen molar-refractivity contribution < 1.29 is 14.3 Å². The zero-order valence-corrected chi connectivity index (χ0v) is 10.7. The Balaban J connectivity index is 1.91. The summed E-state index contributed by atoms with van der Waals surface area (Å²) in [4.78, 5) is 23.2. The van der Waals surface area contributed by atoms with Crippen molar-refractivity contribution in [2.24, 2.45) is 0 Å². The fourth-order valence-electron chi connectivity index (χ4n) is 1.42. The van der Waals surface area contributed by atoms with E-state index in [9.17, 15) is 9.59 Å². The molecule has 0 aliphatic carbocycles. The molecule has 0 fully saturated rings. The van der Waals surface area contributed by atoms with Crippen LogP contribution in [0.4, 0.5) is 5.69 Å². The molecule has 0 bridgehead atoms. The summed E-state index contributed by atoms with van der Waals surface area (Å²) in [6.07, 6.45) is 2.53. The second-order valence-corrected chi connectivity index (χ2v) is 3.72. The normalized spacial score (nSPS) is 9.85. The number of carbonyl (C=O) groups is 2. The first-order chi connectivity index (χ1) is 9.69. The van der Waals surface area contributed by atoms with Crippen molar-refractivity contribution in [3.63, 3.8) is 0 Å². The first kappa shape index (κ1) is 13.5. The number of aromatic nitrogens is 3. The number of amides is 2. The lowest BCUT2D eigenvalue weighted by Gasteiger charge is -2.07. The number of hydrogen-bond donors (Lipinski definition) is 2. The summed E-state index contributed by atoms with van der Waals surface area (Å²) in [5.74, 6) is -0.916. The molecule has 0 unspecified atom stereocenters. The predicted octanol–water partition coefficient (Wildman–Crippen LogP) is 0.386. The van der Waals surface area contributed by atoms with Crippen molar-refractivity contribution in [2.75, 3.05) is 17.3 Å². The fraction of sp³-hybridized carbons (Fsp3) is 0.167. The molecule has 1 aromatic carbocycles. The molecule has 2 aromatic rings. The number of nitrogens with one attached hydrogen (secondary N) is 2. The molecule has 20 heavy (non-hydrogen) atoms. The number of anilines is 1. The minimum Gasteiger partial charge on any atom is -0.494 e. The molecular weight excluding hydrogens is 262 g/mol. The molecule has 8 nitrogen and oxygen atoms in total. The second-order valence-electron chi connectivity index (χ2n) is 3.72. The zero-order chi connectivity index (χ0) is 14.4. The number of ether oxygens (including phenoxy) is 1. The van der Waals surface area contributed by atoms with Crippen LogP contribution < -0.4 is 15.5 Å². The maximum absolute atomic E-state index is 11.6. The van der Waals surface area contributed by atoms with E-state index >= 15 is 0 Å². The average molecular weight is 275 g/mol. The number of benzene rings is 1. The molecular formula is C12H13N5O3. The first-order valence-corrected chi connectivity index (χ1v) is 5.89. The van der Waals surface area contributed by atoms with Crippen LogP contribution in [0, 0.1) is 0 Å². The number of carbonyl (C=O) groups excluding carboxylic acids is 2. The van der Waals surface area contributed by atoms with Crippen LogP contribution in [0.3, 0.4) is 0 Å². The Morgan fingerprint density at radius 2 is 1.80 bits per heavy atom. The Kier molecular flexibility index (Phi) is 4.28. The molecule has 1 heterocycles. The molecule has 0 aliphatic rings. The van der Waals surface area contributed by atoms with Crippen LogP contribution in [0.5, 0.6) is 5.75 Å². The van der Waals surface area contributed by atoms with E-state index in [0.29, 0.717) is 18.0 Å². The molecule has 2 rings (SSSR count). The molecule has 2 amide bonds. The average Bonchev–Trinajstić information content (AvgIpc) is 2.94. The standard InChI is InChI=1S/C12H13N5O3/c1-2-20-10-5-3-9(4-6-10)15-11(18)12(19)16-17-7-13-14-8-17/h3-8H,2H2,1H3,(H,15,18)(H,16,19). The molecule has 0 saturated heterocycles. The zero-order valence-electron chi connectivity index (χ0n) is 10.7. The van der Waals surface area contributed by atoms with Crippen molar-refractivity contribution in [1.29, 1.82) is 0 Å². The van der Waals surface area contributed by atoms with Gasteiger partial charge in [0.05, 0.1) is 6.61 Å². The minimum atomic E-state index is -0.821. The third-order valence-electron chi connectivity index (χ3n) is 2.28. The second kappa shape index (κ2) is 6.32. The number of rotatable bonds is 4. The highest BCUT2D eigenvalue weighted by atomic mass is 16.5. The molecule has 8 heteroatoms. The smallest absolute Gasteiger partial charge is 0.328 e. The summed E-state index contributed by atoms with van der Waals surface area (Å²) in [6, 6.07) is 6.71. The largest absolute Gasteiger partial charge is 0.494 e. The highest BCUT2D eigenvalue weighted by Crippen LogP contribution is 2.15. The van der Waals surface area contributed by atoms with Crippen molar-refractivity contribution >= 4 is 17.5 Å². The van der Waals surface area contributed by atoms with Gasteiger partial charge in [-0.3, -0.25) is 15.0 Å². The Bertz CT molecular complexity index is 580. The van der Waals surface area contributed by atoms with Gasteiger partial charge in [-0.25, -0.2) is 4.68 Å². The van der Waals surface area contributed by atoms with Gasteiger partial charge < -0.3 is 10.1 Å². The molecule has 0 atom stereocenters. The Morgan fingerprint density at radius 3 is 2.40 bits per heavy atom. The van der Waals surface area contributed by atoms with E-state index in [1.165, 1.54) is 17.3 Å². The lowest BCUT2D eigenvalue weighted by atomic mass is 10.3. The van der Waals surface area contributed by atoms with Gasteiger partial charge in [-0.2, -0.15) is 0 Å². The van der Waals surface area contributed by atoms with E-state index in [0.717, 1.165) is 0 Å². The Labute approximate surface area is 114 Å². The van der Waals surface area contributed by atoms with E-state index in [4.69, 9.17) is 4.74 Å². The van der Waals surface area contributed by atoms with Crippen LogP contribution in [-0.4, -0.2) is 33.3 Å². The maximum Gasteiger partial charge on any atom is 0.328 e. The number of nitrogens with zero attached hydrogens (tertiary/aromatic N) is 3. The van der Waals surface area contributed by atoms with Crippen molar-refractivity contribution in [3.05, 3.63) is 36.9 Å². The van der Waals surface area contributed by atoms with E-state index in [2.05, 4.69) is 20.9 Å². The minimum absolute atomic E-state index is 0.498. The van der Waals surface area contributed by atoms with Crippen LogP contribution in [0.1, 0.15) is 6.92 Å². The molecule has 0 radical (unpaired) electrons. The van der Waals surface area contributed by atoms with Crippen LogP contribution in [0.25, 0.3) is 0 Å². The van der Waals surface area contributed by atoms with E-state index in [1.807, 2.05) is 6.92 Å².